The quantitative estimate of drug-likeness (QED) is 0.264. The molecule has 1 aromatic carbocycles. The molecule has 7 N–H and O–H groups in total. The number of carbonyl (C=O) groups excluding carboxylic acids is 1. The van der Waals surface area contributed by atoms with E-state index in [0.717, 1.165) is 57.7 Å². The standard InChI is InChI=1S/C17H31N5O.C2HF3O2/c18-10-6-13-19-11-4-5-12-20-14-7-15-21-17(23)22-16-8-2-1-3-9-16;3-2(4,5)1(6)7/h1-3,8-9,19-20H,4-7,10-15,18H2,(H2,21,22,23);(H,6,7). The Bertz CT molecular complexity index is 574. The molecule has 172 valence electrons. The minimum atomic E-state index is -5.08. The number of hydrogen-bond donors (Lipinski definition) is 6. The smallest absolute Gasteiger partial charge is 0.475 e. The van der Waals surface area contributed by atoms with Crippen molar-refractivity contribution in [3.8, 4) is 0 Å². The predicted molar refractivity (Wildman–Crippen MR) is 110 cm³/mol. The van der Waals surface area contributed by atoms with Crippen LogP contribution in [0.1, 0.15) is 25.7 Å². The minimum absolute atomic E-state index is 0.153. The molecule has 0 saturated carbocycles. The number of carbonyl (C=O) groups is 2. The summed E-state index contributed by atoms with van der Waals surface area (Å²) < 4.78 is 31.7. The van der Waals surface area contributed by atoms with Crippen LogP contribution in [0.25, 0.3) is 0 Å². The largest absolute Gasteiger partial charge is 0.490 e. The number of unbranched alkanes of at least 4 members (excludes halogenated alkanes) is 1. The van der Waals surface area contributed by atoms with Gasteiger partial charge < -0.3 is 32.1 Å². The van der Waals surface area contributed by atoms with Crippen LogP contribution in [0, 0.1) is 0 Å². The summed E-state index contributed by atoms with van der Waals surface area (Å²) in [6.45, 7) is 5.45. The molecule has 0 radical (unpaired) electrons. The maximum Gasteiger partial charge on any atom is 0.490 e. The molecule has 0 bridgehead atoms. The van der Waals surface area contributed by atoms with E-state index in [-0.39, 0.29) is 6.03 Å². The molecule has 8 nitrogen and oxygen atoms in total. The number of hydrogen-bond acceptors (Lipinski definition) is 5. The number of rotatable bonds is 13. The van der Waals surface area contributed by atoms with E-state index in [1.807, 2.05) is 30.3 Å². The number of benzene rings is 1. The first-order chi connectivity index (χ1) is 14.3. The van der Waals surface area contributed by atoms with E-state index >= 15 is 0 Å². The topological polar surface area (TPSA) is 129 Å². The van der Waals surface area contributed by atoms with Gasteiger partial charge in [0.15, 0.2) is 0 Å². The van der Waals surface area contributed by atoms with Gasteiger partial charge in [-0.25, -0.2) is 9.59 Å². The third-order valence-corrected chi connectivity index (χ3v) is 3.60. The fourth-order valence-electron chi connectivity index (χ4n) is 2.09. The molecule has 0 aliphatic heterocycles. The third-order valence-electron chi connectivity index (χ3n) is 3.60. The molecule has 11 heteroatoms. The molecule has 0 saturated heterocycles. The average molecular weight is 435 g/mol. The summed E-state index contributed by atoms with van der Waals surface area (Å²) in [4.78, 5) is 20.5. The molecule has 1 rings (SSSR count). The molecule has 0 atom stereocenters. The Kier molecular flexibility index (Phi) is 16.1. The Morgan fingerprint density at radius 1 is 0.867 bits per heavy atom. The summed E-state index contributed by atoms with van der Waals surface area (Å²) in [5, 5.41) is 19.5. The van der Waals surface area contributed by atoms with Gasteiger partial charge in [0.2, 0.25) is 0 Å². The molecular weight excluding hydrogens is 403 g/mol. The van der Waals surface area contributed by atoms with E-state index in [4.69, 9.17) is 15.6 Å². The van der Waals surface area contributed by atoms with E-state index < -0.39 is 12.1 Å². The lowest BCUT2D eigenvalue weighted by Gasteiger charge is -2.08. The van der Waals surface area contributed by atoms with E-state index in [9.17, 15) is 18.0 Å². The second kappa shape index (κ2) is 17.5. The van der Waals surface area contributed by atoms with Gasteiger partial charge in [0.25, 0.3) is 0 Å². The zero-order valence-corrected chi connectivity index (χ0v) is 16.9. The number of alkyl halides is 3. The van der Waals surface area contributed by atoms with Crippen molar-refractivity contribution in [1.82, 2.24) is 16.0 Å². The fraction of sp³-hybridized carbons (Fsp3) is 0.579. The molecule has 1 aromatic rings. The Labute approximate surface area is 174 Å². The van der Waals surface area contributed by atoms with Gasteiger partial charge in [-0.3, -0.25) is 0 Å². The highest BCUT2D eigenvalue weighted by molar-refractivity contribution is 5.89. The Morgan fingerprint density at radius 2 is 1.37 bits per heavy atom. The van der Waals surface area contributed by atoms with Crippen LogP contribution in [0.5, 0.6) is 0 Å². The van der Waals surface area contributed by atoms with Crippen molar-refractivity contribution in [1.29, 1.82) is 0 Å². The number of urea groups is 1. The van der Waals surface area contributed by atoms with Crippen molar-refractivity contribution in [2.45, 2.75) is 31.9 Å². The number of nitrogens with one attached hydrogen (secondary N) is 4. The number of halogens is 3. The first-order valence-corrected chi connectivity index (χ1v) is 9.79. The highest BCUT2D eigenvalue weighted by atomic mass is 19.4. The van der Waals surface area contributed by atoms with E-state index in [2.05, 4.69) is 21.3 Å². The van der Waals surface area contributed by atoms with E-state index in [1.54, 1.807) is 0 Å². The van der Waals surface area contributed by atoms with Crippen LogP contribution >= 0.6 is 0 Å². The van der Waals surface area contributed by atoms with Gasteiger partial charge in [-0.05, 0) is 70.5 Å². The molecule has 2 amide bonds. The Hall–Kier alpha value is -2.37. The monoisotopic (exact) mass is 435 g/mol. The lowest BCUT2D eigenvalue weighted by molar-refractivity contribution is -0.192. The van der Waals surface area contributed by atoms with Gasteiger partial charge in [-0.15, -0.1) is 0 Å². The maximum absolute atomic E-state index is 11.6. The lowest BCUT2D eigenvalue weighted by Crippen LogP contribution is -2.31. The first-order valence-electron chi connectivity index (χ1n) is 9.79. The van der Waals surface area contributed by atoms with Gasteiger partial charge in [-0.2, -0.15) is 13.2 Å². The summed E-state index contributed by atoms with van der Waals surface area (Å²) >= 11 is 0. The molecule has 0 aliphatic rings. The van der Waals surface area contributed by atoms with Crippen LogP contribution in [0.3, 0.4) is 0 Å². The SMILES string of the molecule is NCCCNCCCCNCCCNC(=O)Nc1ccccc1.O=C(O)C(F)(F)F. The molecular formula is C19H32F3N5O3. The highest BCUT2D eigenvalue weighted by Crippen LogP contribution is 2.13. The number of nitrogens with two attached hydrogens (primary N) is 1. The van der Waals surface area contributed by atoms with Crippen LogP contribution < -0.4 is 27.0 Å². The van der Waals surface area contributed by atoms with Gasteiger partial charge in [0, 0.05) is 12.2 Å². The molecule has 0 aromatic heterocycles. The van der Waals surface area contributed by atoms with Crippen molar-refractivity contribution >= 4 is 17.7 Å². The minimum Gasteiger partial charge on any atom is -0.475 e. The second-order valence-electron chi connectivity index (χ2n) is 6.25. The summed E-state index contributed by atoms with van der Waals surface area (Å²) in [5.74, 6) is -2.76. The van der Waals surface area contributed by atoms with Crippen LogP contribution in [0.2, 0.25) is 0 Å². The summed E-state index contributed by atoms with van der Waals surface area (Å²) in [6, 6.07) is 9.30. The van der Waals surface area contributed by atoms with Gasteiger partial charge >= 0.3 is 18.2 Å². The zero-order valence-electron chi connectivity index (χ0n) is 16.9. The number of para-hydroxylation sites is 1. The molecule has 0 fully saturated rings. The van der Waals surface area contributed by atoms with Crippen molar-refractivity contribution < 1.29 is 27.9 Å². The molecule has 0 unspecified atom stereocenters. The van der Waals surface area contributed by atoms with Crippen LogP contribution in [-0.4, -0.2) is 62.6 Å². The molecule has 0 aliphatic carbocycles. The molecule has 30 heavy (non-hydrogen) atoms. The molecule has 0 heterocycles. The number of carboxylic acids is 1. The Morgan fingerprint density at radius 3 is 1.87 bits per heavy atom. The van der Waals surface area contributed by atoms with E-state index in [1.165, 1.54) is 6.42 Å². The Balaban J connectivity index is 0.00000103. The number of aliphatic carboxylic acids is 1. The van der Waals surface area contributed by atoms with Crippen molar-refractivity contribution in [2.24, 2.45) is 5.73 Å². The average Bonchev–Trinajstić information content (AvgIpc) is 2.69. The summed E-state index contributed by atoms with van der Waals surface area (Å²) in [6.07, 6.45) is -0.771. The van der Waals surface area contributed by atoms with Crippen LogP contribution in [0.15, 0.2) is 30.3 Å². The normalized spacial score (nSPS) is 10.7. The summed E-state index contributed by atoms with van der Waals surface area (Å²) in [5.41, 5.74) is 6.23. The number of carboxylic acid groups (broad SMARTS) is 1. The molecule has 0 spiro atoms. The van der Waals surface area contributed by atoms with Crippen LogP contribution in [-0.2, 0) is 4.79 Å². The van der Waals surface area contributed by atoms with Gasteiger partial charge in [0.05, 0.1) is 0 Å². The maximum atomic E-state index is 11.6. The third kappa shape index (κ3) is 17.7. The van der Waals surface area contributed by atoms with Crippen molar-refractivity contribution in [2.75, 3.05) is 44.6 Å². The van der Waals surface area contributed by atoms with Crippen molar-refractivity contribution in [3.05, 3.63) is 30.3 Å². The van der Waals surface area contributed by atoms with Crippen molar-refractivity contribution in [3.63, 3.8) is 0 Å². The fourth-order valence-corrected chi connectivity index (χ4v) is 2.09. The van der Waals surface area contributed by atoms with Gasteiger partial charge in [-0.1, -0.05) is 18.2 Å². The summed E-state index contributed by atoms with van der Waals surface area (Å²) in [7, 11) is 0. The zero-order chi connectivity index (χ0) is 22.7. The highest BCUT2D eigenvalue weighted by Gasteiger charge is 2.38. The number of amides is 2. The second-order valence-corrected chi connectivity index (χ2v) is 6.25. The number of anilines is 1. The first kappa shape index (κ1) is 27.6. The van der Waals surface area contributed by atoms with E-state index in [0.29, 0.717) is 6.54 Å². The van der Waals surface area contributed by atoms with Crippen LogP contribution in [0.4, 0.5) is 23.7 Å². The van der Waals surface area contributed by atoms with Gasteiger partial charge in [0.1, 0.15) is 0 Å². The lowest BCUT2D eigenvalue weighted by atomic mass is 10.3. The predicted octanol–water partition coefficient (Wildman–Crippen LogP) is 2.14.